The third kappa shape index (κ3) is 3.05. The van der Waals surface area contributed by atoms with Crippen molar-refractivity contribution in [1.29, 1.82) is 0 Å². The highest BCUT2D eigenvalue weighted by Crippen LogP contribution is 2.41. The number of nitrogens with one attached hydrogen (secondary N) is 1. The molecule has 0 radical (unpaired) electrons. The van der Waals surface area contributed by atoms with E-state index in [9.17, 15) is 4.39 Å². The molecule has 1 saturated carbocycles. The Hall–Kier alpha value is -1.74. The molecule has 1 aromatic carbocycles. The fourth-order valence-electron chi connectivity index (χ4n) is 2.59. The van der Waals surface area contributed by atoms with Gasteiger partial charge in [0.05, 0.1) is 11.9 Å². The van der Waals surface area contributed by atoms with Gasteiger partial charge in [-0.25, -0.2) is 4.39 Å². The van der Waals surface area contributed by atoms with Crippen molar-refractivity contribution < 1.29 is 4.39 Å². The first-order valence-electron chi connectivity index (χ1n) is 7.16. The molecule has 0 bridgehead atoms. The lowest BCUT2D eigenvalue weighted by Crippen LogP contribution is -2.26. The van der Waals surface area contributed by atoms with Crippen LogP contribution in [0.5, 0.6) is 0 Å². The number of benzene rings is 1. The van der Waals surface area contributed by atoms with Crippen molar-refractivity contribution in [3.63, 3.8) is 0 Å². The fourth-order valence-corrected chi connectivity index (χ4v) is 2.59. The second kappa shape index (κ2) is 5.71. The summed E-state index contributed by atoms with van der Waals surface area (Å²) >= 11 is 0. The van der Waals surface area contributed by atoms with E-state index in [1.807, 2.05) is 6.07 Å². The van der Waals surface area contributed by atoms with E-state index in [1.165, 1.54) is 30.7 Å². The minimum Gasteiger partial charge on any atom is -0.302 e. The van der Waals surface area contributed by atoms with Crippen LogP contribution >= 0.6 is 0 Å². The highest BCUT2D eigenvalue weighted by Gasteiger charge is 2.33. The maximum atomic E-state index is 12.9. The Bertz CT molecular complexity index is 549. The van der Waals surface area contributed by atoms with Crippen LogP contribution < -0.4 is 5.32 Å². The van der Waals surface area contributed by atoms with Crippen molar-refractivity contribution in [3.05, 3.63) is 65.7 Å². The van der Waals surface area contributed by atoms with Crippen LogP contribution in [0.25, 0.3) is 0 Å². The fraction of sp³-hybridized carbons (Fsp3) is 0.353. The van der Waals surface area contributed by atoms with E-state index in [2.05, 4.69) is 41.5 Å². The van der Waals surface area contributed by atoms with Gasteiger partial charge in [0, 0.05) is 12.1 Å². The summed E-state index contributed by atoms with van der Waals surface area (Å²) < 4.78 is 12.9. The molecular weight excluding hydrogens is 251 g/mol. The van der Waals surface area contributed by atoms with Crippen LogP contribution in [0.3, 0.4) is 0 Å². The summed E-state index contributed by atoms with van der Waals surface area (Å²) in [6, 6.07) is 14.2. The number of hydrogen-bond donors (Lipinski definition) is 1. The van der Waals surface area contributed by atoms with E-state index in [4.69, 9.17) is 0 Å². The molecule has 3 heteroatoms. The lowest BCUT2D eigenvalue weighted by atomic mass is 10.0. The van der Waals surface area contributed by atoms with E-state index >= 15 is 0 Å². The molecule has 1 aliphatic carbocycles. The lowest BCUT2D eigenvalue weighted by Gasteiger charge is -2.23. The third-order valence-electron chi connectivity index (χ3n) is 3.88. The SMILES string of the molecule is CC(NC(c1ccccc1)C1CC1)c1ccc(F)cn1. The van der Waals surface area contributed by atoms with Crippen molar-refractivity contribution in [1.82, 2.24) is 10.3 Å². The Morgan fingerprint density at radius 1 is 1.15 bits per heavy atom. The zero-order chi connectivity index (χ0) is 13.9. The van der Waals surface area contributed by atoms with Crippen molar-refractivity contribution in [2.75, 3.05) is 0 Å². The number of nitrogens with zero attached hydrogens (tertiary/aromatic N) is 1. The van der Waals surface area contributed by atoms with Gasteiger partial charge in [-0.05, 0) is 43.4 Å². The first kappa shape index (κ1) is 13.3. The minimum atomic E-state index is -0.289. The van der Waals surface area contributed by atoms with Gasteiger partial charge in [-0.15, -0.1) is 0 Å². The first-order chi connectivity index (χ1) is 9.74. The summed E-state index contributed by atoms with van der Waals surface area (Å²) in [5.41, 5.74) is 2.21. The number of hydrogen-bond acceptors (Lipinski definition) is 2. The van der Waals surface area contributed by atoms with Gasteiger partial charge in [-0.1, -0.05) is 30.3 Å². The molecule has 2 atom stereocenters. The molecule has 0 amide bonds. The molecule has 1 aromatic heterocycles. The molecule has 2 nitrogen and oxygen atoms in total. The molecule has 20 heavy (non-hydrogen) atoms. The molecule has 1 aliphatic rings. The highest BCUT2D eigenvalue weighted by molar-refractivity contribution is 5.22. The van der Waals surface area contributed by atoms with Crippen LogP contribution in [0.4, 0.5) is 4.39 Å². The summed E-state index contributed by atoms with van der Waals surface area (Å²) in [5, 5.41) is 3.65. The van der Waals surface area contributed by atoms with Crippen LogP contribution in [0, 0.1) is 11.7 Å². The van der Waals surface area contributed by atoms with E-state index in [1.54, 1.807) is 6.07 Å². The van der Waals surface area contributed by atoms with Crippen molar-refractivity contribution in [2.24, 2.45) is 5.92 Å². The molecule has 1 fully saturated rings. The molecule has 1 N–H and O–H groups in total. The van der Waals surface area contributed by atoms with Crippen LogP contribution in [-0.4, -0.2) is 4.98 Å². The molecule has 0 spiro atoms. The second-order valence-corrected chi connectivity index (χ2v) is 5.52. The summed E-state index contributed by atoms with van der Waals surface area (Å²) in [7, 11) is 0. The quantitative estimate of drug-likeness (QED) is 0.887. The van der Waals surface area contributed by atoms with Gasteiger partial charge in [-0.2, -0.15) is 0 Å². The second-order valence-electron chi connectivity index (χ2n) is 5.52. The molecule has 0 aliphatic heterocycles. The Morgan fingerprint density at radius 3 is 2.50 bits per heavy atom. The average Bonchev–Trinajstić information content (AvgIpc) is 3.31. The van der Waals surface area contributed by atoms with Gasteiger partial charge in [0.1, 0.15) is 5.82 Å². The standard InChI is InChI=1S/C17H19FN2/c1-12(16-10-9-15(18)11-19-16)20-17(14-7-8-14)13-5-3-2-4-6-13/h2-6,9-12,14,17,20H,7-8H2,1H3. The predicted octanol–water partition coefficient (Wildman–Crippen LogP) is 4.02. The summed E-state index contributed by atoms with van der Waals surface area (Å²) in [6.07, 6.45) is 3.83. The average molecular weight is 270 g/mol. The maximum absolute atomic E-state index is 12.9. The highest BCUT2D eigenvalue weighted by atomic mass is 19.1. The van der Waals surface area contributed by atoms with E-state index < -0.39 is 0 Å². The van der Waals surface area contributed by atoms with Gasteiger partial charge in [0.25, 0.3) is 0 Å². The Morgan fingerprint density at radius 2 is 1.90 bits per heavy atom. The van der Waals surface area contributed by atoms with Crippen LogP contribution in [0.15, 0.2) is 48.7 Å². The van der Waals surface area contributed by atoms with Crippen LogP contribution in [-0.2, 0) is 0 Å². The third-order valence-corrected chi connectivity index (χ3v) is 3.88. The molecule has 3 rings (SSSR count). The lowest BCUT2D eigenvalue weighted by molar-refractivity contribution is 0.421. The monoisotopic (exact) mass is 270 g/mol. The zero-order valence-electron chi connectivity index (χ0n) is 11.6. The van der Waals surface area contributed by atoms with Crippen LogP contribution in [0.1, 0.15) is 43.1 Å². The van der Waals surface area contributed by atoms with Crippen molar-refractivity contribution >= 4 is 0 Å². The van der Waals surface area contributed by atoms with Gasteiger partial charge in [0.15, 0.2) is 0 Å². The number of pyridine rings is 1. The van der Waals surface area contributed by atoms with Gasteiger partial charge in [-0.3, -0.25) is 4.98 Å². The van der Waals surface area contributed by atoms with Gasteiger partial charge >= 0.3 is 0 Å². The number of aromatic nitrogens is 1. The van der Waals surface area contributed by atoms with Gasteiger partial charge in [0.2, 0.25) is 0 Å². The molecule has 0 saturated heterocycles. The van der Waals surface area contributed by atoms with Crippen molar-refractivity contribution in [2.45, 2.75) is 31.8 Å². The number of halogens is 1. The summed E-state index contributed by atoms with van der Waals surface area (Å²) in [6.45, 7) is 2.08. The molecular formula is C17H19FN2. The predicted molar refractivity (Wildman–Crippen MR) is 77.7 cm³/mol. The maximum Gasteiger partial charge on any atom is 0.141 e. The molecule has 2 unspecified atom stereocenters. The van der Waals surface area contributed by atoms with Gasteiger partial charge < -0.3 is 5.32 Å². The topological polar surface area (TPSA) is 24.9 Å². The normalized spacial score (nSPS) is 17.7. The largest absolute Gasteiger partial charge is 0.302 e. The molecule has 104 valence electrons. The molecule has 1 heterocycles. The van der Waals surface area contributed by atoms with Crippen LogP contribution in [0.2, 0.25) is 0 Å². The smallest absolute Gasteiger partial charge is 0.141 e. The van der Waals surface area contributed by atoms with E-state index in [0.29, 0.717) is 12.0 Å². The zero-order valence-corrected chi connectivity index (χ0v) is 11.6. The van der Waals surface area contributed by atoms with Crippen molar-refractivity contribution in [3.8, 4) is 0 Å². The Balaban J connectivity index is 1.75. The summed E-state index contributed by atoms with van der Waals surface area (Å²) in [4.78, 5) is 4.17. The first-order valence-corrected chi connectivity index (χ1v) is 7.16. The minimum absolute atomic E-state index is 0.112. The van der Waals surface area contributed by atoms with E-state index in [0.717, 1.165) is 5.69 Å². The number of rotatable bonds is 5. The summed E-state index contributed by atoms with van der Waals surface area (Å²) in [5.74, 6) is 0.419. The van der Waals surface area contributed by atoms with E-state index in [-0.39, 0.29) is 11.9 Å². The Kier molecular flexibility index (Phi) is 3.79. The Labute approximate surface area is 119 Å². The molecule has 2 aromatic rings.